The summed E-state index contributed by atoms with van der Waals surface area (Å²) in [7, 11) is 0. The van der Waals surface area contributed by atoms with Gasteiger partial charge in [0, 0.05) is 25.7 Å². The molecule has 1 saturated heterocycles. The van der Waals surface area contributed by atoms with Crippen LogP contribution < -0.4 is 5.32 Å². The van der Waals surface area contributed by atoms with Crippen LogP contribution >= 0.6 is 0 Å². The first-order valence-electron chi connectivity index (χ1n) is 9.89. The van der Waals surface area contributed by atoms with E-state index in [2.05, 4.69) is 24.4 Å². The molecule has 27 heavy (non-hydrogen) atoms. The fourth-order valence-corrected chi connectivity index (χ4v) is 2.72. The number of ketones is 2. The van der Waals surface area contributed by atoms with Gasteiger partial charge >= 0.3 is 5.97 Å². The quantitative estimate of drug-likeness (QED) is 0.174. The van der Waals surface area contributed by atoms with Gasteiger partial charge in [-0.05, 0) is 38.2 Å². The second-order valence-electron chi connectivity index (χ2n) is 6.63. The number of unbranched alkanes of at least 4 members (excludes halogenated alkanes) is 3. The fourth-order valence-electron chi connectivity index (χ4n) is 2.72. The highest BCUT2D eigenvalue weighted by molar-refractivity contribution is 6.37. The highest BCUT2D eigenvalue weighted by atomic mass is 16.5. The summed E-state index contributed by atoms with van der Waals surface area (Å²) in [5, 5.41) is 2.54. The predicted molar refractivity (Wildman–Crippen MR) is 103 cm³/mol. The molecule has 0 aromatic heterocycles. The highest BCUT2D eigenvalue weighted by Gasteiger charge is 2.29. The lowest BCUT2D eigenvalue weighted by molar-refractivity contribution is -0.142. The van der Waals surface area contributed by atoms with Crippen molar-refractivity contribution in [2.24, 2.45) is 0 Å². The number of ether oxygens (including phenoxy) is 1. The van der Waals surface area contributed by atoms with Crippen molar-refractivity contribution in [2.45, 2.75) is 84.1 Å². The third kappa shape index (κ3) is 9.31. The number of hydrogen-bond acceptors (Lipinski definition) is 5. The third-order valence-electron chi connectivity index (χ3n) is 4.36. The van der Waals surface area contributed by atoms with Gasteiger partial charge < -0.3 is 10.1 Å². The average Bonchev–Trinajstić information content (AvgIpc) is 3.10. The molecule has 150 valence electrons. The van der Waals surface area contributed by atoms with Crippen LogP contribution in [0.5, 0.6) is 0 Å². The van der Waals surface area contributed by atoms with E-state index in [4.69, 9.17) is 4.74 Å². The largest absolute Gasteiger partial charge is 0.430 e. The molecule has 0 unspecified atom stereocenters. The predicted octanol–water partition coefficient (Wildman–Crippen LogP) is 3.55. The van der Waals surface area contributed by atoms with Crippen molar-refractivity contribution in [1.82, 2.24) is 5.32 Å². The number of Topliss-reactive ketones (excluding diaryl/α,β-unsaturated/α-hetero) is 2. The van der Waals surface area contributed by atoms with Crippen molar-refractivity contribution < 1.29 is 23.9 Å². The van der Waals surface area contributed by atoms with Crippen molar-refractivity contribution in [3.8, 4) is 0 Å². The number of carbonyl (C=O) groups excluding carboxylic acids is 4. The number of nitrogens with one attached hydrogen (secondary N) is 1. The minimum atomic E-state index is -0.628. The molecule has 1 amide bonds. The summed E-state index contributed by atoms with van der Waals surface area (Å²) < 4.78 is 5.24. The molecule has 6 nitrogen and oxygen atoms in total. The Bertz CT molecular complexity index is 591. The molecule has 1 atom stereocenters. The Balaban J connectivity index is 2.31. The molecule has 1 heterocycles. The second kappa shape index (κ2) is 13.0. The third-order valence-corrected chi connectivity index (χ3v) is 4.36. The Hall–Kier alpha value is -2.24. The van der Waals surface area contributed by atoms with Crippen LogP contribution in [0.2, 0.25) is 0 Å². The van der Waals surface area contributed by atoms with Crippen LogP contribution in [0.25, 0.3) is 0 Å². The maximum atomic E-state index is 12.0. The van der Waals surface area contributed by atoms with Gasteiger partial charge in [0.15, 0.2) is 5.78 Å². The Kier molecular flexibility index (Phi) is 11.0. The Morgan fingerprint density at radius 2 is 1.89 bits per heavy atom. The van der Waals surface area contributed by atoms with Crippen LogP contribution in [0.1, 0.15) is 78.1 Å². The zero-order valence-corrected chi connectivity index (χ0v) is 16.4. The molecule has 0 bridgehead atoms. The summed E-state index contributed by atoms with van der Waals surface area (Å²) >= 11 is 0. The topological polar surface area (TPSA) is 89.5 Å². The van der Waals surface area contributed by atoms with E-state index in [0.717, 1.165) is 25.7 Å². The van der Waals surface area contributed by atoms with E-state index in [1.165, 1.54) is 6.08 Å². The van der Waals surface area contributed by atoms with E-state index in [1.807, 2.05) is 0 Å². The summed E-state index contributed by atoms with van der Waals surface area (Å²) in [4.78, 5) is 47.0. The number of amides is 1. The number of hydrogen-bond donors (Lipinski definition) is 1. The first-order chi connectivity index (χ1) is 13.0. The van der Waals surface area contributed by atoms with Crippen molar-refractivity contribution in [1.29, 1.82) is 0 Å². The van der Waals surface area contributed by atoms with E-state index in [9.17, 15) is 19.2 Å². The van der Waals surface area contributed by atoms with Crippen LogP contribution in [0, 0.1) is 0 Å². The summed E-state index contributed by atoms with van der Waals surface area (Å²) in [5.41, 5.74) is 0. The summed E-state index contributed by atoms with van der Waals surface area (Å²) in [6.45, 7) is 3.89. The molecule has 1 N–H and O–H groups in total. The standard InChI is InChI=1S/C21H31NO5/c1-3-5-6-7-8-9-10-11-18(23)19(24)14-12-16(4-2)27-21(26)17-13-15-20(25)22-17/h5-6,12,17H,3-4,7-11,13-15H2,1-2H3,(H,22,25)/t17-/m0/s1. The smallest absolute Gasteiger partial charge is 0.333 e. The lowest BCUT2D eigenvalue weighted by Gasteiger charge is -2.11. The molecule has 0 saturated carbocycles. The summed E-state index contributed by atoms with van der Waals surface area (Å²) in [6, 6.07) is -0.628. The molecule has 6 heteroatoms. The van der Waals surface area contributed by atoms with Crippen LogP contribution in [0.4, 0.5) is 0 Å². The first kappa shape index (κ1) is 22.8. The SMILES string of the molecule is CCC=CCCCCCC(=O)C(=O)CC=C(CC)OC(=O)[C@@H]1CCC(=O)N1. The zero-order chi connectivity index (χ0) is 20.1. The van der Waals surface area contributed by atoms with Gasteiger partial charge in [-0.3, -0.25) is 14.4 Å². The highest BCUT2D eigenvalue weighted by Crippen LogP contribution is 2.13. The van der Waals surface area contributed by atoms with Gasteiger partial charge in [-0.25, -0.2) is 4.79 Å². The van der Waals surface area contributed by atoms with Gasteiger partial charge in [0.1, 0.15) is 11.8 Å². The minimum Gasteiger partial charge on any atom is -0.430 e. The zero-order valence-electron chi connectivity index (χ0n) is 16.4. The van der Waals surface area contributed by atoms with Crippen molar-refractivity contribution in [2.75, 3.05) is 0 Å². The van der Waals surface area contributed by atoms with Gasteiger partial charge in [-0.1, -0.05) is 32.4 Å². The molecule has 0 spiro atoms. The van der Waals surface area contributed by atoms with Gasteiger partial charge in [-0.15, -0.1) is 0 Å². The monoisotopic (exact) mass is 377 g/mol. The average molecular weight is 377 g/mol. The molecule has 1 aliphatic rings. The number of carbonyl (C=O) groups is 4. The van der Waals surface area contributed by atoms with Gasteiger partial charge in [0.05, 0.1) is 0 Å². The van der Waals surface area contributed by atoms with Gasteiger partial charge in [0.25, 0.3) is 0 Å². The second-order valence-corrected chi connectivity index (χ2v) is 6.63. The molecule has 1 aliphatic heterocycles. The molecule has 0 radical (unpaired) electrons. The normalized spacial score (nSPS) is 17.2. The molecule has 0 aromatic rings. The minimum absolute atomic E-state index is 0.0639. The molecule has 0 aliphatic carbocycles. The number of allylic oxidation sites excluding steroid dienone is 4. The summed E-state index contributed by atoms with van der Waals surface area (Å²) in [6.07, 6.45) is 11.8. The lowest BCUT2D eigenvalue weighted by atomic mass is 10.1. The van der Waals surface area contributed by atoms with Gasteiger partial charge in [0.2, 0.25) is 11.7 Å². The van der Waals surface area contributed by atoms with Crippen LogP contribution in [-0.2, 0) is 23.9 Å². The Morgan fingerprint density at radius 1 is 1.11 bits per heavy atom. The van der Waals surface area contributed by atoms with E-state index >= 15 is 0 Å². The van der Waals surface area contributed by atoms with Gasteiger partial charge in [-0.2, -0.15) is 0 Å². The van der Waals surface area contributed by atoms with Crippen LogP contribution in [-0.4, -0.2) is 29.5 Å². The van der Waals surface area contributed by atoms with Crippen molar-refractivity contribution in [3.05, 3.63) is 24.0 Å². The Morgan fingerprint density at radius 3 is 2.52 bits per heavy atom. The number of rotatable bonds is 13. The van der Waals surface area contributed by atoms with E-state index in [0.29, 0.717) is 31.4 Å². The van der Waals surface area contributed by atoms with Crippen molar-refractivity contribution >= 4 is 23.4 Å². The maximum Gasteiger partial charge on any atom is 0.333 e. The lowest BCUT2D eigenvalue weighted by Crippen LogP contribution is -2.34. The van der Waals surface area contributed by atoms with E-state index in [-0.39, 0.29) is 24.5 Å². The molecule has 1 rings (SSSR count). The van der Waals surface area contributed by atoms with Crippen LogP contribution in [0.3, 0.4) is 0 Å². The number of esters is 1. The summed E-state index contributed by atoms with van der Waals surface area (Å²) in [5.74, 6) is -1.17. The van der Waals surface area contributed by atoms with E-state index in [1.54, 1.807) is 6.92 Å². The molecule has 1 fully saturated rings. The van der Waals surface area contributed by atoms with Crippen molar-refractivity contribution in [3.63, 3.8) is 0 Å². The molecule has 0 aromatic carbocycles. The molecular weight excluding hydrogens is 346 g/mol. The Labute approximate surface area is 161 Å². The maximum absolute atomic E-state index is 12.0. The van der Waals surface area contributed by atoms with E-state index < -0.39 is 17.8 Å². The fraction of sp³-hybridized carbons (Fsp3) is 0.619. The van der Waals surface area contributed by atoms with Crippen LogP contribution in [0.15, 0.2) is 24.0 Å². The molecular formula is C21H31NO5. The first-order valence-corrected chi connectivity index (χ1v) is 9.89.